The number of carbonyl (C=O) groups excluding carboxylic acids is 3. The lowest BCUT2D eigenvalue weighted by atomic mass is 9.82. The van der Waals surface area contributed by atoms with E-state index < -0.39 is 18.9 Å². The Bertz CT molecular complexity index is 1140. The van der Waals surface area contributed by atoms with Crippen LogP contribution in [0.3, 0.4) is 0 Å². The van der Waals surface area contributed by atoms with E-state index in [1.54, 1.807) is 6.92 Å². The number of nitrogens with zero attached hydrogens (tertiary/aromatic N) is 2. The van der Waals surface area contributed by atoms with Crippen LogP contribution in [0.1, 0.15) is 75.4 Å². The second kappa shape index (κ2) is 15.6. The number of ether oxygens (including phenoxy) is 3. The Hall–Kier alpha value is -2.62. The quantitative estimate of drug-likeness (QED) is 0.221. The zero-order chi connectivity index (χ0) is 28.6. The van der Waals surface area contributed by atoms with Gasteiger partial charge < -0.3 is 24.0 Å². The number of carbonyl (C=O) groups is 3. The van der Waals surface area contributed by atoms with Crippen molar-refractivity contribution < 1.29 is 28.6 Å². The molecule has 226 valence electrons. The molecular weight excluding hydrogens is 564 g/mol. The molecule has 2 aliphatic rings. The predicted molar refractivity (Wildman–Crippen MR) is 164 cm³/mol. The van der Waals surface area contributed by atoms with E-state index >= 15 is 0 Å². The first-order valence-electron chi connectivity index (χ1n) is 14.5. The molecule has 1 aromatic carbocycles. The smallest absolute Gasteiger partial charge is 0.431 e. The number of halogens is 1. The van der Waals surface area contributed by atoms with Gasteiger partial charge in [-0.25, -0.2) is 9.59 Å². The molecule has 41 heavy (non-hydrogen) atoms. The highest BCUT2D eigenvalue weighted by atomic mass is 35.5. The van der Waals surface area contributed by atoms with Gasteiger partial charge in [-0.05, 0) is 89.6 Å². The summed E-state index contributed by atoms with van der Waals surface area (Å²) in [5, 5.41) is 0. The van der Waals surface area contributed by atoms with Gasteiger partial charge in [0.25, 0.3) is 0 Å². The topological polar surface area (TPSA) is 85.4 Å². The Kier molecular flexibility index (Phi) is 12.5. The van der Waals surface area contributed by atoms with Crippen molar-refractivity contribution in [2.45, 2.75) is 77.9 Å². The average Bonchev–Trinajstić information content (AvgIpc) is 3.40. The van der Waals surface area contributed by atoms with Crippen molar-refractivity contribution in [2.24, 2.45) is 11.8 Å². The van der Waals surface area contributed by atoms with Gasteiger partial charge in [-0.2, -0.15) is 0 Å². The minimum Gasteiger partial charge on any atom is -0.431 e. The number of piperidine rings is 1. The average molecular weight is 607 g/mol. The number of thiophene rings is 1. The Morgan fingerprint density at radius 2 is 1.68 bits per heavy atom. The summed E-state index contributed by atoms with van der Waals surface area (Å²) in [5.41, 5.74) is 1.55. The standard InChI is InChI=1S/C31H42N2O6S.ClH/c1-5-22(3)39-31(36)38-20-37-30(35)28-26(19-27(40-28)23-9-7-6-8-10-23)33(25-15-17-32(4)18-16-25)29(34)24-13-11-21(2)12-14-24;/h6-10,19,21-22,24-25H,5,11-18,20H2,1-4H3;1H. The third kappa shape index (κ3) is 8.69. The van der Waals surface area contributed by atoms with Crippen LogP contribution < -0.4 is 4.90 Å². The third-order valence-electron chi connectivity index (χ3n) is 8.11. The molecule has 0 radical (unpaired) electrons. The SMILES string of the molecule is CCC(C)OC(=O)OCOC(=O)c1sc(-c2ccccc2)cc1N(C(=O)C1CCC(C)CC1)C1CCN(C)CC1.Cl. The maximum absolute atomic E-state index is 14.2. The highest BCUT2D eigenvalue weighted by Gasteiger charge is 2.37. The van der Waals surface area contributed by atoms with Gasteiger partial charge in [0.05, 0.1) is 5.69 Å². The Labute approximate surface area is 253 Å². The number of benzene rings is 1. The monoisotopic (exact) mass is 606 g/mol. The van der Waals surface area contributed by atoms with Crippen LogP contribution >= 0.6 is 23.7 Å². The van der Waals surface area contributed by atoms with Crippen molar-refractivity contribution in [1.29, 1.82) is 0 Å². The van der Waals surface area contributed by atoms with Crippen molar-refractivity contribution in [3.8, 4) is 10.4 Å². The molecule has 0 bridgehead atoms. The number of hydrogen-bond donors (Lipinski definition) is 0. The van der Waals surface area contributed by atoms with Gasteiger partial charge in [-0.15, -0.1) is 23.7 Å². The van der Waals surface area contributed by atoms with Gasteiger partial charge in [-0.3, -0.25) is 4.79 Å². The second-order valence-corrected chi connectivity index (χ2v) is 12.2. The molecule has 2 heterocycles. The summed E-state index contributed by atoms with van der Waals surface area (Å²) in [6.07, 6.45) is 4.95. The molecule has 0 N–H and O–H groups in total. The van der Waals surface area contributed by atoms with Crippen LogP contribution in [-0.4, -0.2) is 62.0 Å². The molecular formula is C31H43ClN2O6S. The van der Waals surface area contributed by atoms with E-state index in [1.807, 2.05) is 48.2 Å². The molecule has 1 amide bonds. The maximum atomic E-state index is 14.2. The molecule has 1 aliphatic heterocycles. The number of esters is 1. The summed E-state index contributed by atoms with van der Waals surface area (Å²) in [4.78, 5) is 45.0. The van der Waals surface area contributed by atoms with Crippen LogP contribution in [0.25, 0.3) is 10.4 Å². The first-order valence-corrected chi connectivity index (χ1v) is 15.3. The molecule has 1 aromatic heterocycles. The largest absolute Gasteiger partial charge is 0.511 e. The fourth-order valence-electron chi connectivity index (χ4n) is 5.38. The van der Waals surface area contributed by atoms with Crippen molar-refractivity contribution in [3.05, 3.63) is 41.3 Å². The molecule has 1 aliphatic carbocycles. The maximum Gasteiger partial charge on any atom is 0.511 e. The number of rotatable bonds is 9. The van der Waals surface area contributed by atoms with Gasteiger partial charge >= 0.3 is 12.1 Å². The summed E-state index contributed by atoms with van der Waals surface area (Å²) in [7, 11) is 2.10. The Morgan fingerprint density at radius 3 is 2.32 bits per heavy atom. The lowest BCUT2D eigenvalue weighted by Gasteiger charge is -2.40. The summed E-state index contributed by atoms with van der Waals surface area (Å²) < 4.78 is 15.5. The van der Waals surface area contributed by atoms with Crippen molar-refractivity contribution in [3.63, 3.8) is 0 Å². The van der Waals surface area contributed by atoms with Crippen LogP contribution in [0.2, 0.25) is 0 Å². The molecule has 1 saturated heterocycles. The molecule has 2 fully saturated rings. The van der Waals surface area contributed by atoms with Crippen LogP contribution in [0.5, 0.6) is 0 Å². The summed E-state index contributed by atoms with van der Waals surface area (Å²) in [6.45, 7) is 7.11. The Morgan fingerprint density at radius 1 is 1.02 bits per heavy atom. The second-order valence-electron chi connectivity index (χ2n) is 11.2. The molecule has 8 nitrogen and oxygen atoms in total. The number of hydrogen-bond acceptors (Lipinski definition) is 8. The number of likely N-dealkylation sites (tertiary alicyclic amines) is 1. The summed E-state index contributed by atoms with van der Waals surface area (Å²) in [5.74, 6) is 0.0467. The number of anilines is 1. The van der Waals surface area contributed by atoms with Gasteiger partial charge in [0, 0.05) is 16.8 Å². The summed E-state index contributed by atoms with van der Waals surface area (Å²) in [6, 6.07) is 11.8. The van der Waals surface area contributed by atoms with E-state index in [0.717, 1.165) is 62.1 Å². The predicted octanol–water partition coefficient (Wildman–Crippen LogP) is 7.16. The van der Waals surface area contributed by atoms with E-state index in [1.165, 1.54) is 11.3 Å². The molecule has 1 saturated carbocycles. The molecule has 2 aromatic rings. The first-order chi connectivity index (χ1) is 19.3. The Balaban J connectivity index is 0.00000462. The lowest BCUT2D eigenvalue weighted by Crippen LogP contribution is -2.49. The molecule has 4 rings (SSSR count). The van der Waals surface area contributed by atoms with E-state index in [2.05, 4.69) is 18.9 Å². The molecule has 1 atom stereocenters. The van der Waals surface area contributed by atoms with E-state index in [4.69, 9.17) is 14.2 Å². The van der Waals surface area contributed by atoms with Gasteiger partial charge in [0.2, 0.25) is 12.7 Å². The van der Waals surface area contributed by atoms with E-state index in [0.29, 0.717) is 22.9 Å². The summed E-state index contributed by atoms with van der Waals surface area (Å²) >= 11 is 1.30. The van der Waals surface area contributed by atoms with E-state index in [9.17, 15) is 14.4 Å². The van der Waals surface area contributed by atoms with E-state index in [-0.39, 0.29) is 36.4 Å². The van der Waals surface area contributed by atoms with Crippen molar-refractivity contribution >= 4 is 47.5 Å². The molecule has 10 heteroatoms. The van der Waals surface area contributed by atoms with Crippen LogP contribution in [0.15, 0.2) is 36.4 Å². The van der Waals surface area contributed by atoms with Crippen molar-refractivity contribution in [1.82, 2.24) is 4.90 Å². The highest BCUT2D eigenvalue weighted by molar-refractivity contribution is 7.18. The molecule has 1 unspecified atom stereocenters. The van der Waals surface area contributed by atoms with Gasteiger partial charge in [-0.1, -0.05) is 44.2 Å². The van der Waals surface area contributed by atoms with Gasteiger partial charge in [0.15, 0.2) is 0 Å². The zero-order valence-corrected chi connectivity index (χ0v) is 26.1. The number of amides is 1. The fourth-order valence-corrected chi connectivity index (χ4v) is 6.43. The van der Waals surface area contributed by atoms with Crippen LogP contribution in [0, 0.1) is 11.8 Å². The first kappa shape index (κ1) is 32.9. The third-order valence-corrected chi connectivity index (χ3v) is 9.26. The zero-order valence-electron chi connectivity index (χ0n) is 24.5. The minimum atomic E-state index is -0.881. The lowest BCUT2D eigenvalue weighted by molar-refractivity contribution is -0.124. The van der Waals surface area contributed by atoms with Gasteiger partial charge in [0.1, 0.15) is 11.0 Å². The van der Waals surface area contributed by atoms with Crippen molar-refractivity contribution in [2.75, 3.05) is 31.8 Å². The fraction of sp³-hybridized carbons (Fsp3) is 0.581. The highest BCUT2D eigenvalue weighted by Crippen LogP contribution is 2.41. The minimum absolute atomic E-state index is 0. The molecule has 0 spiro atoms. The normalized spacial score (nSPS) is 20.4. The van der Waals surface area contributed by atoms with Crippen LogP contribution in [0.4, 0.5) is 10.5 Å². The van der Waals surface area contributed by atoms with Crippen LogP contribution in [-0.2, 0) is 19.0 Å².